The van der Waals surface area contributed by atoms with Gasteiger partial charge in [0.05, 0.1) is 0 Å². The number of aryl methyl sites for hydroxylation is 1. The Kier molecular flexibility index (Phi) is 2.29. The minimum absolute atomic E-state index is 0.203. The summed E-state index contributed by atoms with van der Waals surface area (Å²) in [5.74, 6) is -3.77. The Morgan fingerprint density at radius 1 is 1.38 bits per heavy atom. The van der Waals surface area contributed by atoms with E-state index in [9.17, 15) is 13.2 Å². The Morgan fingerprint density at radius 3 is 2.25 bits per heavy atom. The zero-order valence-corrected chi connectivity index (χ0v) is 8.36. The zero-order valence-electron chi connectivity index (χ0n) is 8.36. The Bertz CT molecular complexity index is 412. The Morgan fingerprint density at radius 2 is 1.94 bits per heavy atom. The number of rotatable bonds is 2. The lowest BCUT2D eigenvalue weighted by molar-refractivity contribution is 0.0743. The number of aromatic nitrogens is 1. The van der Waals surface area contributed by atoms with Crippen LogP contribution in [-0.4, -0.2) is 34.2 Å². The van der Waals surface area contributed by atoms with Gasteiger partial charge in [-0.1, -0.05) is 6.07 Å². The Hall–Kier alpha value is -1.08. The van der Waals surface area contributed by atoms with Crippen LogP contribution in [0.1, 0.15) is 11.3 Å². The van der Waals surface area contributed by atoms with Crippen molar-refractivity contribution in [1.82, 2.24) is 4.98 Å². The molecule has 16 heavy (non-hydrogen) atoms. The van der Waals surface area contributed by atoms with Crippen LogP contribution < -0.4 is 0 Å². The van der Waals surface area contributed by atoms with Gasteiger partial charge in [0, 0.05) is 11.9 Å². The third-order valence-electron chi connectivity index (χ3n) is 2.98. The molecular weight excluding hydrogens is 222 g/mol. The molecule has 2 unspecified atom stereocenters. The summed E-state index contributed by atoms with van der Waals surface area (Å²) in [7, 11) is -2.46. The van der Waals surface area contributed by atoms with Crippen LogP contribution >= 0.6 is 0 Å². The molecule has 1 aliphatic rings. The van der Waals surface area contributed by atoms with Crippen LogP contribution in [-0.2, 0) is 5.31 Å². The number of hydrogen-bond acceptors (Lipinski definition) is 3. The van der Waals surface area contributed by atoms with E-state index in [1.807, 2.05) is 0 Å². The third kappa shape index (κ3) is 1.15. The van der Waals surface area contributed by atoms with Crippen molar-refractivity contribution >= 4 is 7.12 Å². The summed E-state index contributed by atoms with van der Waals surface area (Å²) < 4.78 is 39.5. The van der Waals surface area contributed by atoms with Crippen molar-refractivity contribution in [1.29, 1.82) is 0 Å². The van der Waals surface area contributed by atoms with Crippen molar-refractivity contribution in [3.8, 4) is 0 Å². The molecule has 0 bridgehead atoms. The minimum Gasteiger partial charge on any atom is -0.426 e. The molecule has 1 aliphatic carbocycles. The van der Waals surface area contributed by atoms with Crippen molar-refractivity contribution in [3.05, 3.63) is 29.6 Å². The highest BCUT2D eigenvalue weighted by atomic mass is 19.3. The SMILES string of the molecule is Cc1ccc(C2(B(O)O)C(F)C2(F)F)cn1. The summed E-state index contributed by atoms with van der Waals surface area (Å²) in [5, 5.41) is 15.4. The van der Waals surface area contributed by atoms with Crippen molar-refractivity contribution in [2.24, 2.45) is 0 Å². The quantitative estimate of drug-likeness (QED) is 0.733. The predicted octanol–water partition coefficient (Wildman–Crippen LogP) is 0.627. The normalized spacial score (nSPS) is 31.2. The maximum atomic E-state index is 13.2. The fourth-order valence-corrected chi connectivity index (χ4v) is 1.88. The first-order valence-corrected chi connectivity index (χ1v) is 4.66. The molecule has 1 heterocycles. The minimum atomic E-state index is -3.77. The molecule has 0 radical (unpaired) electrons. The lowest BCUT2D eigenvalue weighted by Crippen LogP contribution is -2.37. The van der Waals surface area contributed by atoms with Crippen molar-refractivity contribution in [2.45, 2.75) is 24.3 Å². The molecule has 1 fully saturated rings. The summed E-state index contributed by atoms with van der Waals surface area (Å²) in [5.41, 5.74) is 0.372. The number of nitrogens with zero attached hydrogens (tertiary/aromatic N) is 1. The van der Waals surface area contributed by atoms with E-state index in [0.29, 0.717) is 5.69 Å². The molecule has 7 heteroatoms. The van der Waals surface area contributed by atoms with E-state index >= 15 is 0 Å². The van der Waals surface area contributed by atoms with E-state index < -0.39 is 24.5 Å². The first-order valence-electron chi connectivity index (χ1n) is 4.66. The number of halogens is 3. The van der Waals surface area contributed by atoms with Gasteiger partial charge in [0.2, 0.25) is 0 Å². The summed E-state index contributed by atoms with van der Waals surface area (Å²) in [6.45, 7) is 1.64. The second kappa shape index (κ2) is 3.21. The van der Waals surface area contributed by atoms with E-state index in [2.05, 4.69) is 4.98 Å². The van der Waals surface area contributed by atoms with Gasteiger partial charge < -0.3 is 10.0 Å². The maximum Gasteiger partial charge on any atom is 0.472 e. The third-order valence-corrected chi connectivity index (χ3v) is 2.98. The number of hydrogen-bond donors (Lipinski definition) is 2. The van der Waals surface area contributed by atoms with Gasteiger partial charge in [0.15, 0.2) is 6.17 Å². The summed E-state index contributed by atoms with van der Waals surface area (Å²) in [6, 6.07) is 2.65. The summed E-state index contributed by atoms with van der Waals surface area (Å²) >= 11 is 0. The highest BCUT2D eigenvalue weighted by Crippen LogP contribution is 2.63. The maximum absolute atomic E-state index is 13.2. The number of alkyl halides is 3. The second-order valence-corrected chi connectivity index (χ2v) is 3.92. The second-order valence-electron chi connectivity index (χ2n) is 3.92. The largest absolute Gasteiger partial charge is 0.472 e. The Labute approximate surface area is 90.1 Å². The molecule has 0 spiro atoms. The lowest BCUT2D eigenvalue weighted by atomic mass is 9.64. The topological polar surface area (TPSA) is 53.4 Å². The molecule has 86 valence electrons. The first kappa shape index (κ1) is 11.4. The van der Waals surface area contributed by atoms with E-state index in [1.54, 1.807) is 6.92 Å². The fraction of sp³-hybridized carbons (Fsp3) is 0.444. The Balaban J connectivity index is 2.48. The van der Waals surface area contributed by atoms with E-state index in [-0.39, 0.29) is 5.56 Å². The van der Waals surface area contributed by atoms with Crippen LogP contribution in [0.15, 0.2) is 18.3 Å². The lowest BCUT2D eigenvalue weighted by Gasteiger charge is -2.14. The molecule has 1 saturated carbocycles. The van der Waals surface area contributed by atoms with Crippen molar-refractivity contribution in [3.63, 3.8) is 0 Å². The monoisotopic (exact) mass is 231 g/mol. The van der Waals surface area contributed by atoms with Gasteiger partial charge in [-0.3, -0.25) is 4.98 Å². The summed E-state index contributed by atoms with van der Waals surface area (Å²) in [4.78, 5) is 3.75. The van der Waals surface area contributed by atoms with Crippen molar-refractivity contribution in [2.75, 3.05) is 0 Å². The molecule has 0 aromatic carbocycles. The average molecular weight is 231 g/mol. The van der Waals surface area contributed by atoms with Gasteiger partial charge in [-0.2, -0.15) is 0 Å². The van der Waals surface area contributed by atoms with Crippen LogP contribution in [0.25, 0.3) is 0 Å². The highest BCUT2D eigenvalue weighted by molar-refractivity contribution is 6.48. The molecule has 2 atom stereocenters. The standard InChI is InChI=1S/C9H9BF3NO2/c1-5-2-3-6(4-14-5)8(10(15)16)7(11)9(8,12)13/h2-4,7,15-16H,1H3. The van der Waals surface area contributed by atoms with Gasteiger partial charge >= 0.3 is 7.12 Å². The summed E-state index contributed by atoms with van der Waals surface area (Å²) in [6.07, 6.45) is -1.55. The molecular formula is C9H9BF3NO2. The zero-order chi connectivity index (χ0) is 12.1. The molecule has 0 saturated heterocycles. The molecule has 3 nitrogen and oxygen atoms in total. The molecule has 1 aromatic heterocycles. The predicted molar refractivity (Wildman–Crippen MR) is 50.7 cm³/mol. The van der Waals surface area contributed by atoms with Gasteiger partial charge in [0.25, 0.3) is 5.92 Å². The van der Waals surface area contributed by atoms with E-state index in [1.165, 1.54) is 12.1 Å². The first-order chi connectivity index (χ1) is 7.35. The van der Waals surface area contributed by atoms with Crippen molar-refractivity contribution < 1.29 is 23.2 Å². The molecule has 2 N–H and O–H groups in total. The highest BCUT2D eigenvalue weighted by Gasteiger charge is 2.88. The molecule has 0 aliphatic heterocycles. The van der Waals surface area contributed by atoms with Crippen LogP contribution in [0.4, 0.5) is 13.2 Å². The van der Waals surface area contributed by atoms with Gasteiger partial charge in [-0.05, 0) is 18.6 Å². The molecule has 2 rings (SSSR count). The van der Waals surface area contributed by atoms with Gasteiger partial charge in [0.1, 0.15) is 5.31 Å². The van der Waals surface area contributed by atoms with Gasteiger partial charge in [-0.15, -0.1) is 0 Å². The van der Waals surface area contributed by atoms with Crippen LogP contribution in [0.3, 0.4) is 0 Å². The van der Waals surface area contributed by atoms with E-state index in [0.717, 1.165) is 6.20 Å². The number of pyridine rings is 1. The van der Waals surface area contributed by atoms with E-state index in [4.69, 9.17) is 10.0 Å². The average Bonchev–Trinajstić information content (AvgIpc) is 2.64. The van der Waals surface area contributed by atoms with Crippen LogP contribution in [0.2, 0.25) is 0 Å². The van der Waals surface area contributed by atoms with Crippen LogP contribution in [0, 0.1) is 6.92 Å². The van der Waals surface area contributed by atoms with Crippen LogP contribution in [0.5, 0.6) is 0 Å². The smallest absolute Gasteiger partial charge is 0.426 e. The fourth-order valence-electron chi connectivity index (χ4n) is 1.88. The van der Waals surface area contributed by atoms with Gasteiger partial charge in [-0.25, -0.2) is 13.2 Å². The molecule has 1 aromatic rings. The molecule has 0 amide bonds.